The van der Waals surface area contributed by atoms with Crippen molar-refractivity contribution >= 4 is 5.78 Å². The minimum atomic E-state index is -0.857. The minimum absolute atomic E-state index is 0.0596. The Labute approximate surface area is 109 Å². The lowest BCUT2D eigenvalue weighted by Gasteiger charge is -2.24. The van der Waals surface area contributed by atoms with Gasteiger partial charge >= 0.3 is 0 Å². The van der Waals surface area contributed by atoms with Gasteiger partial charge in [-0.15, -0.1) is 0 Å². The first kappa shape index (κ1) is 14.7. The van der Waals surface area contributed by atoms with Crippen LogP contribution in [-0.4, -0.2) is 18.4 Å². The van der Waals surface area contributed by atoms with Crippen molar-refractivity contribution in [3.63, 3.8) is 0 Å². The van der Waals surface area contributed by atoms with Crippen molar-refractivity contribution in [3.8, 4) is 5.75 Å². The second-order valence-corrected chi connectivity index (χ2v) is 6.22. The van der Waals surface area contributed by atoms with Crippen LogP contribution in [0.2, 0.25) is 0 Å². The fraction of sp³-hybridized carbons (Fsp3) is 0.533. The van der Waals surface area contributed by atoms with Crippen molar-refractivity contribution in [3.05, 3.63) is 29.3 Å². The molecule has 0 amide bonds. The minimum Gasteiger partial charge on any atom is -0.496 e. The van der Waals surface area contributed by atoms with Crippen molar-refractivity contribution in [1.29, 1.82) is 0 Å². The predicted octanol–water partition coefficient (Wildman–Crippen LogP) is 2.91. The fourth-order valence-electron chi connectivity index (χ4n) is 1.81. The van der Waals surface area contributed by atoms with Crippen LogP contribution in [0.4, 0.5) is 0 Å². The Hall–Kier alpha value is -1.35. The van der Waals surface area contributed by atoms with E-state index in [1.165, 1.54) is 0 Å². The molecule has 2 N–H and O–H groups in total. The molecule has 1 rings (SSSR count). The highest BCUT2D eigenvalue weighted by Gasteiger charge is 2.26. The number of hydrogen-bond acceptors (Lipinski definition) is 3. The summed E-state index contributed by atoms with van der Waals surface area (Å²) in [6.07, 6.45) is 0. The number of methoxy groups -OCH3 is 1. The van der Waals surface area contributed by atoms with E-state index in [9.17, 15) is 4.79 Å². The van der Waals surface area contributed by atoms with E-state index in [1.54, 1.807) is 27.0 Å². The Balaban J connectivity index is 3.32. The molecule has 0 spiro atoms. The standard InChI is InChI=1S/C15H23NO2/c1-14(2,3)11-9-10(7-8-12(11)18-6)13(17)15(4,5)16/h7-9H,16H2,1-6H3. The molecule has 0 bridgehead atoms. The molecule has 100 valence electrons. The summed E-state index contributed by atoms with van der Waals surface area (Å²) in [5.41, 5.74) is 6.57. The average Bonchev–Trinajstić information content (AvgIpc) is 2.24. The van der Waals surface area contributed by atoms with Gasteiger partial charge in [0.2, 0.25) is 0 Å². The molecule has 0 saturated carbocycles. The van der Waals surface area contributed by atoms with Crippen molar-refractivity contribution in [2.45, 2.75) is 45.6 Å². The van der Waals surface area contributed by atoms with Gasteiger partial charge in [0.1, 0.15) is 5.75 Å². The van der Waals surface area contributed by atoms with Crippen LogP contribution in [0.25, 0.3) is 0 Å². The SMILES string of the molecule is COc1ccc(C(=O)C(C)(C)N)cc1C(C)(C)C. The summed E-state index contributed by atoms with van der Waals surface area (Å²) < 4.78 is 5.35. The van der Waals surface area contributed by atoms with Crippen LogP contribution in [0.3, 0.4) is 0 Å². The zero-order valence-corrected chi connectivity index (χ0v) is 12.1. The first-order valence-electron chi connectivity index (χ1n) is 6.09. The van der Waals surface area contributed by atoms with Gasteiger partial charge in [0.25, 0.3) is 0 Å². The van der Waals surface area contributed by atoms with Crippen molar-refractivity contribution < 1.29 is 9.53 Å². The van der Waals surface area contributed by atoms with Gasteiger partial charge in [-0.1, -0.05) is 20.8 Å². The fourth-order valence-corrected chi connectivity index (χ4v) is 1.81. The lowest BCUT2D eigenvalue weighted by Crippen LogP contribution is -2.41. The first-order chi connectivity index (χ1) is 8.07. The number of carbonyl (C=O) groups is 1. The Bertz CT molecular complexity index is 451. The molecule has 0 aliphatic carbocycles. The molecule has 0 aliphatic rings. The van der Waals surface area contributed by atoms with Crippen LogP contribution in [0, 0.1) is 0 Å². The molecule has 0 aromatic heterocycles. The summed E-state index contributed by atoms with van der Waals surface area (Å²) in [6, 6.07) is 5.49. The van der Waals surface area contributed by atoms with Gasteiger partial charge < -0.3 is 10.5 Å². The molecule has 0 radical (unpaired) electrons. The van der Waals surface area contributed by atoms with E-state index in [4.69, 9.17) is 10.5 Å². The maximum Gasteiger partial charge on any atom is 0.182 e. The first-order valence-corrected chi connectivity index (χ1v) is 6.09. The highest BCUT2D eigenvalue weighted by atomic mass is 16.5. The Morgan fingerprint density at radius 1 is 1.17 bits per heavy atom. The molecule has 0 atom stereocenters. The number of Topliss-reactive ketones (excluding diaryl/α,β-unsaturated/α-hetero) is 1. The van der Waals surface area contributed by atoms with Crippen LogP contribution in [-0.2, 0) is 5.41 Å². The van der Waals surface area contributed by atoms with E-state index in [0.29, 0.717) is 5.56 Å². The largest absolute Gasteiger partial charge is 0.496 e. The molecule has 18 heavy (non-hydrogen) atoms. The maximum absolute atomic E-state index is 12.2. The average molecular weight is 249 g/mol. The third-order valence-corrected chi connectivity index (χ3v) is 2.85. The predicted molar refractivity (Wildman–Crippen MR) is 74.3 cm³/mol. The summed E-state index contributed by atoms with van der Waals surface area (Å²) in [6.45, 7) is 9.71. The van der Waals surface area contributed by atoms with Crippen LogP contribution < -0.4 is 10.5 Å². The normalized spacial score (nSPS) is 12.4. The molecular formula is C15H23NO2. The summed E-state index contributed by atoms with van der Waals surface area (Å²) in [7, 11) is 1.64. The van der Waals surface area contributed by atoms with Crippen LogP contribution in [0.5, 0.6) is 5.75 Å². The van der Waals surface area contributed by atoms with Crippen molar-refractivity contribution in [1.82, 2.24) is 0 Å². The van der Waals surface area contributed by atoms with Crippen LogP contribution in [0.15, 0.2) is 18.2 Å². The second kappa shape index (κ2) is 4.73. The molecule has 0 unspecified atom stereocenters. The van der Waals surface area contributed by atoms with Crippen molar-refractivity contribution in [2.75, 3.05) is 7.11 Å². The Kier molecular flexibility index (Phi) is 3.86. The van der Waals surface area contributed by atoms with E-state index in [0.717, 1.165) is 11.3 Å². The van der Waals surface area contributed by atoms with Crippen LogP contribution >= 0.6 is 0 Å². The van der Waals surface area contributed by atoms with E-state index in [2.05, 4.69) is 20.8 Å². The lowest BCUT2D eigenvalue weighted by molar-refractivity contribution is 0.0913. The smallest absolute Gasteiger partial charge is 0.182 e. The van der Waals surface area contributed by atoms with Gasteiger partial charge in [-0.05, 0) is 37.5 Å². The third kappa shape index (κ3) is 3.10. The summed E-state index contributed by atoms with van der Waals surface area (Å²) in [5.74, 6) is 0.740. The number of hydrogen-bond donors (Lipinski definition) is 1. The van der Waals surface area contributed by atoms with E-state index >= 15 is 0 Å². The van der Waals surface area contributed by atoms with Gasteiger partial charge in [0.05, 0.1) is 12.6 Å². The van der Waals surface area contributed by atoms with Gasteiger partial charge in [0, 0.05) is 11.1 Å². The summed E-state index contributed by atoms with van der Waals surface area (Å²) in [5, 5.41) is 0. The number of carbonyl (C=O) groups excluding carboxylic acids is 1. The number of rotatable bonds is 3. The van der Waals surface area contributed by atoms with Crippen molar-refractivity contribution in [2.24, 2.45) is 5.73 Å². The van der Waals surface area contributed by atoms with Gasteiger partial charge in [-0.25, -0.2) is 0 Å². The number of ketones is 1. The maximum atomic E-state index is 12.2. The monoisotopic (exact) mass is 249 g/mol. The highest BCUT2D eigenvalue weighted by Crippen LogP contribution is 2.32. The third-order valence-electron chi connectivity index (χ3n) is 2.85. The second-order valence-electron chi connectivity index (χ2n) is 6.22. The van der Waals surface area contributed by atoms with Gasteiger partial charge in [-0.2, -0.15) is 0 Å². The molecule has 3 heteroatoms. The molecule has 3 nitrogen and oxygen atoms in total. The van der Waals surface area contributed by atoms with E-state index in [1.807, 2.05) is 12.1 Å². The lowest BCUT2D eigenvalue weighted by atomic mass is 9.83. The van der Waals surface area contributed by atoms with Gasteiger partial charge in [0.15, 0.2) is 5.78 Å². The molecule has 0 saturated heterocycles. The molecule has 1 aromatic rings. The topological polar surface area (TPSA) is 52.3 Å². The number of benzene rings is 1. The molecule has 0 heterocycles. The summed E-state index contributed by atoms with van der Waals surface area (Å²) >= 11 is 0. The zero-order chi connectivity index (χ0) is 14.1. The molecule has 0 aliphatic heterocycles. The molecule has 0 fully saturated rings. The quantitative estimate of drug-likeness (QED) is 0.838. The van der Waals surface area contributed by atoms with Gasteiger partial charge in [-0.3, -0.25) is 4.79 Å². The highest BCUT2D eigenvalue weighted by molar-refractivity contribution is 6.02. The zero-order valence-electron chi connectivity index (χ0n) is 12.1. The Morgan fingerprint density at radius 2 is 1.72 bits per heavy atom. The Morgan fingerprint density at radius 3 is 2.11 bits per heavy atom. The van der Waals surface area contributed by atoms with Crippen LogP contribution in [0.1, 0.15) is 50.5 Å². The number of nitrogens with two attached hydrogens (primary N) is 1. The molecular weight excluding hydrogens is 226 g/mol. The van der Waals surface area contributed by atoms with E-state index in [-0.39, 0.29) is 11.2 Å². The molecule has 1 aromatic carbocycles. The van der Waals surface area contributed by atoms with E-state index < -0.39 is 5.54 Å². The summed E-state index contributed by atoms with van der Waals surface area (Å²) in [4.78, 5) is 12.2. The number of ether oxygens (including phenoxy) is 1.